The molecular formula is C25H39NO3Si. The minimum absolute atomic E-state index is 0.0145. The van der Waals surface area contributed by atoms with Gasteiger partial charge in [0.25, 0.3) is 0 Å². The van der Waals surface area contributed by atoms with E-state index < -0.39 is 8.32 Å². The van der Waals surface area contributed by atoms with Crippen molar-refractivity contribution in [2.45, 2.75) is 97.2 Å². The highest BCUT2D eigenvalue weighted by Gasteiger charge is 2.60. The maximum Gasteiger partial charge on any atom is 0.192 e. The predicted octanol–water partition coefficient (Wildman–Crippen LogP) is 6.22. The zero-order valence-corrected chi connectivity index (χ0v) is 21.1. The standard InChI is InChI=1S/C25H39NO3Si/c1-22(2,3)30(7,8)28-16-25-11-9-18(27)13-20(25)24(6)14-17-15-26-29-21(17)23(4,5)19(24)10-12-25/h13,15,19H,9-12,14,16H2,1-8H3/t19-,24-,25+/m0/s1. The van der Waals surface area contributed by atoms with Crippen LogP contribution in [0.1, 0.15) is 78.5 Å². The van der Waals surface area contributed by atoms with Crippen LogP contribution < -0.4 is 0 Å². The third-order valence-electron chi connectivity index (χ3n) is 9.20. The van der Waals surface area contributed by atoms with Gasteiger partial charge in [-0.25, -0.2) is 0 Å². The predicted molar refractivity (Wildman–Crippen MR) is 122 cm³/mol. The molecule has 0 aromatic carbocycles. The Morgan fingerprint density at radius 1 is 1.23 bits per heavy atom. The minimum Gasteiger partial charge on any atom is -0.416 e. The summed E-state index contributed by atoms with van der Waals surface area (Å²) in [6, 6.07) is 0. The summed E-state index contributed by atoms with van der Waals surface area (Å²) in [6.45, 7) is 19.3. The lowest BCUT2D eigenvalue weighted by Crippen LogP contribution is -2.56. The Morgan fingerprint density at radius 2 is 1.93 bits per heavy atom. The van der Waals surface area contributed by atoms with Crippen LogP contribution in [0.2, 0.25) is 18.1 Å². The number of nitrogens with zero attached hydrogens (tertiary/aromatic N) is 1. The first-order valence-electron chi connectivity index (χ1n) is 11.6. The molecule has 1 aromatic rings. The van der Waals surface area contributed by atoms with Gasteiger partial charge < -0.3 is 8.95 Å². The van der Waals surface area contributed by atoms with E-state index in [1.54, 1.807) is 0 Å². The number of carbonyl (C=O) groups is 1. The molecule has 30 heavy (non-hydrogen) atoms. The van der Waals surface area contributed by atoms with Gasteiger partial charge in [-0.15, -0.1) is 0 Å². The molecule has 0 amide bonds. The fourth-order valence-electron chi connectivity index (χ4n) is 6.44. The molecule has 5 heteroatoms. The highest BCUT2D eigenvalue weighted by atomic mass is 28.4. The third-order valence-corrected chi connectivity index (χ3v) is 13.7. The van der Waals surface area contributed by atoms with E-state index >= 15 is 0 Å². The zero-order chi connectivity index (χ0) is 22.2. The SMILES string of the molecule is CC1(C)c2oncc2C[C@]2(C)C3=CC(=O)CC[C@]3(CO[Si](C)(C)C(C)(C)C)CC[C@@H]12. The molecule has 1 fully saturated rings. The first-order valence-corrected chi connectivity index (χ1v) is 14.5. The van der Waals surface area contributed by atoms with Crippen molar-refractivity contribution in [2.75, 3.05) is 6.61 Å². The molecule has 0 aliphatic heterocycles. The van der Waals surface area contributed by atoms with Crippen molar-refractivity contribution in [3.05, 3.63) is 29.2 Å². The van der Waals surface area contributed by atoms with E-state index in [2.05, 4.69) is 59.8 Å². The van der Waals surface area contributed by atoms with Gasteiger partial charge >= 0.3 is 0 Å². The smallest absolute Gasteiger partial charge is 0.192 e. The molecular weight excluding hydrogens is 390 g/mol. The second-order valence-electron chi connectivity index (χ2n) is 12.4. The van der Waals surface area contributed by atoms with Crippen LogP contribution in [0, 0.1) is 16.7 Å². The maximum absolute atomic E-state index is 12.7. The molecule has 166 valence electrons. The lowest BCUT2D eigenvalue weighted by atomic mass is 9.44. The number of fused-ring (bicyclic) bond motifs is 4. The molecule has 0 N–H and O–H groups in total. The summed E-state index contributed by atoms with van der Waals surface area (Å²) in [5.41, 5.74) is 2.39. The second kappa shape index (κ2) is 6.65. The van der Waals surface area contributed by atoms with E-state index in [0.29, 0.717) is 12.3 Å². The highest BCUT2D eigenvalue weighted by Crippen LogP contribution is 2.65. The summed E-state index contributed by atoms with van der Waals surface area (Å²) in [7, 11) is -1.87. The van der Waals surface area contributed by atoms with E-state index in [1.165, 1.54) is 11.1 Å². The Kier molecular flexibility index (Phi) is 4.88. The average Bonchev–Trinajstić information content (AvgIpc) is 3.09. The van der Waals surface area contributed by atoms with E-state index in [9.17, 15) is 4.79 Å². The molecule has 0 spiro atoms. The molecule has 0 radical (unpaired) electrons. The topological polar surface area (TPSA) is 52.3 Å². The number of hydrogen-bond acceptors (Lipinski definition) is 4. The van der Waals surface area contributed by atoms with E-state index in [4.69, 9.17) is 8.95 Å². The quantitative estimate of drug-likeness (QED) is 0.535. The van der Waals surface area contributed by atoms with Gasteiger partial charge in [0.05, 0.1) is 6.20 Å². The van der Waals surface area contributed by atoms with Crippen molar-refractivity contribution in [3.63, 3.8) is 0 Å². The number of allylic oxidation sites excluding steroid dienone is 1. The molecule has 1 saturated carbocycles. The second-order valence-corrected chi connectivity index (χ2v) is 17.3. The van der Waals surface area contributed by atoms with Crippen LogP contribution in [-0.2, 0) is 21.1 Å². The van der Waals surface area contributed by atoms with Crippen molar-refractivity contribution in [1.82, 2.24) is 5.16 Å². The first kappa shape index (κ1) is 22.0. The molecule has 3 aliphatic carbocycles. The van der Waals surface area contributed by atoms with Gasteiger partial charge in [-0.1, -0.05) is 52.3 Å². The summed E-state index contributed by atoms with van der Waals surface area (Å²) in [6.07, 6.45) is 8.61. The molecule has 1 heterocycles. The first-order chi connectivity index (χ1) is 13.7. The van der Waals surface area contributed by atoms with Gasteiger partial charge in [-0.05, 0) is 61.2 Å². The number of rotatable bonds is 3. The molecule has 0 saturated heterocycles. The summed E-state index contributed by atoms with van der Waals surface area (Å²) < 4.78 is 12.5. The molecule has 3 atom stereocenters. The van der Waals surface area contributed by atoms with Crippen molar-refractivity contribution in [2.24, 2.45) is 16.7 Å². The van der Waals surface area contributed by atoms with Gasteiger partial charge in [0.1, 0.15) is 5.76 Å². The lowest BCUT2D eigenvalue weighted by Gasteiger charge is -2.60. The van der Waals surface area contributed by atoms with Crippen LogP contribution in [0.3, 0.4) is 0 Å². The molecule has 0 unspecified atom stereocenters. The zero-order valence-electron chi connectivity index (χ0n) is 20.1. The molecule has 4 rings (SSSR count). The largest absolute Gasteiger partial charge is 0.416 e. The third kappa shape index (κ3) is 3.10. The van der Waals surface area contributed by atoms with Crippen LogP contribution >= 0.6 is 0 Å². The Hall–Kier alpha value is -1.20. The van der Waals surface area contributed by atoms with Gasteiger partial charge in [-0.2, -0.15) is 0 Å². The number of aromatic nitrogens is 1. The average molecular weight is 430 g/mol. The van der Waals surface area contributed by atoms with Crippen molar-refractivity contribution < 1.29 is 13.7 Å². The number of ketones is 1. The van der Waals surface area contributed by atoms with E-state index in [0.717, 1.165) is 38.1 Å². The Bertz CT molecular complexity index is 890. The lowest BCUT2D eigenvalue weighted by molar-refractivity contribution is -0.117. The normalized spacial score (nSPS) is 33.4. The Morgan fingerprint density at radius 3 is 2.60 bits per heavy atom. The van der Waals surface area contributed by atoms with E-state index in [1.807, 2.05) is 12.3 Å². The van der Waals surface area contributed by atoms with Crippen molar-refractivity contribution >= 4 is 14.1 Å². The minimum atomic E-state index is -1.87. The monoisotopic (exact) mass is 429 g/mol. The summed E-state index contributed by atoms with van der Waals surface area (Å²) >= 11 is 0. The number of hydrogen-bond donors (Lipinski definition) is 0. The van der Waals surface area contributed by atoms with Crippen LogP contribution in [0.5, 0.6) is 0 Å². The van der Waals surface area contributed by atoms with Gasteiger partial charge in [-0.3, -0.25) is 4.79 Å². The number of carbonyl (C=O) groups excluding carboxylic acids is 1. The van der Waals surface area contributed by atoms with Crippen molar-refractivity contribution in [3.8, 4) is 0 Å². The molecule has 0 bridgehead atoms. The summed E-state index contributed by atoms with van der Waals surface area (Å²) in [4.78, 5) is 12.7. The fraction of sp³-hybridized carbons (Fsp3) is 0.760. The van der Waals surface area contributed by atoms with Crippen LogP contribution in [-0.4, -0.2) is 25.9 Å². The molecule has 3 aliphatic rings. The van der Waals surface area contributed by atoms with Gasteiger partial charge in [0.15, 0.2) is 14.1 Å². The van der Waals surface area contributed by atoms with Crippen LogP contribution in [0.4, 0.5) is 0 Å². The Labute approximate surface area is 182 Å². The highest BCUT2D eigenvalue weighted by molar-refractivity contribution is 6.74. The van der Waals surface area contributed by atoms with Crippen LogP contribution in [0.25, 0.3) is 0 Å². The van der Waals surface area contributed by atoms with Gasteiger partial charge in [0.2, 0.25) is 0 Å². The summed E-state index contributed by atoms with van der Waals surface area (Å²) in [5, 5.41) is 4.32. The Balaban J connectivity index is 1.75. The van der Waals surface area contributed by atoms with E-state index in [-0.39, 0.29) is 27.1 Å². The molecule has 4 nitrogen and oxygen atoms in total. The van der Waals surface area contributed by atoms with Gasteiger partial charge in [0, 0.05) is 29.4 Å². The molecule has 1 aromatic heterocycles. The van der Waals surface area contributed by atoms with Crippen LogP contribution in [0.15, 0.2) is 22.4 Å². The fourth-order valence-corrected chi connectivity index (χ4v) is 7.51. The summed E-state index contributed by atoms with van der Waals surface area (Å²) in [5.74, 6) is 1.75. The van der Waals surface area contributed by atoms with Crippen molar-refractivity contribution in [1.29, 1.82) is 0 Å². The maximum atomic E-state index is 12.7.